The summed E-state index contributed by atoms with van der Waals surface area (Å²) in [6.45, 7) is 2.28. The van der Waals surface area contributed by atoms with Crippen molar-refractivity contribution in [1.29, 1.82) is 0 Å². The van der Waals surface area contributed by atoms with Gasteiger partial charge in [-0.3, -0.25) is 0 Å². The Labute approximate surface area is 85.3 Å². The van der Waals surface area contributed by atoms with Gasteiger partial charge in [0, 0.05) is 25.0 Å². The zero-order valence-electron chi connectivity index (χ0n) is 8.63. The highest BCUT2D eigenvalue weighted by Crippen LogP contribution is 2.38. The molecule has 0 atom stereocenters. The van der Waals surface area contributed by atoms with Gasteiger partial charge >= 0.3 is 0 Å². The van der Waals surface area contributed by atoms with E-state index in [1.54, 1.807) is 0 Å². The Hall–Kier alpha value is -0.760. The van der Waals surface area contributed by atoms with Crippen molar-refractivity contribution in [2.45, 2.75) is 44.2 Å². The maximum absolute atomic E-state index is 3.76. The van der Waals surface area contributed by atoms with Gasteiger partial charge < -0.3 is 9.88 Å². The van der Waals surface area contributed by atoms with Gasteiger partial charge in [0.1, 0.15) is 0 Å². The quantitative estimate of drug-likeness (QED) is 0.664. The number of hydrogen-bond acceptors (Lipinski definition) is 1. The van der Waals surface area contributed by atoms with Crippen LogP contribution in [0.15, 0.2) is 18.3 Å². The molecule has 1 N–H and O–H groups in total. The number of nitrogens with zero attached hydrogens (tertiary/aromatic N) is 1. The van der Waals surface area contributed by atoms with Crippen LogP contribution in [0.2, 0.25) is 0 Å². The molecule has 1 aromatic rings. The van der Waals surface area contributed by atoms with Crippen molar-refractivity contribution in [1.82, 2.24) is 9.88 Å². The summed E-state index contributed by atoms with van der Waals surface area (Å²) in [5, 5.41) is 3.76. The van der Waals surface area contributed by atoms with Crippen LogP contribution in [0.4, 0.5) is 0 Å². The molecule has 1 fully saturated rings. The summed E-state index contributed by atoms with van der Waals surface area (Å²) >= 11 is 0. The van der Waals surface area contributed by atoms with E-state index < -0.39 is 0 Å². The van der Waals surface area contributed by atoms with Crippen LogP contribution in [0.5, 0.6) is 0 Å². The molecule has 1 aromatic heterocycles. The second kappa shape index (κ2) is 3.13. The molecule has 1 saturated carbocycles. The van der Waals surface area contributed by atoms with E-state index >= 15 is 0 Å². The summed E-state index contributed by atoms with van der Waals surface area (Å²) < 4.78 is 2.43. The van der Waals surface area contributed by atoms with Gasteiger partial charge in [0.15, 0.2) is 0 Å². The van der Waals surface area contributed by atoms with Crippen LogP contribution in [0.25, 0.3) is 0 Å². The third-order valence-corrected chi connectivity index (χ3v) is 3.84. The fourth-order valence-electron chi connectivity index (χ4n) is 3.14. The van der Waals surface area contributed by atoms with Crippen molar-refractivity contribution >= 4 is 0 Å². The summed E-state index contributed by atoms with van der Waals surface area (Å²) in [5.41, 5.74) is 1.86. The number of hydrogen-bond donors (Lipinski definition) is 1. The summed E-state index contributed by atoms with van der Waals surface area (Å²) in [4.78, 5) is 0. The van der Waals surface area contributed by atoms with Crippen LogP contribution in [-0.2, 0) is 12.1 Å². The fraction of sp³-hybridized carbons (Fsp3) is 0.667. The van der Waals surface area contributed by atoms with E-state index in [-0.39, 0.29) is 0 Å². The Balaban J connectivity index is 2.01. The lowest BCUT2D eigenvalue weighted by molar-refractivity contribution is 0.197. The van der Waals surface area contributed by atoms with E-state index in [2.05, 4.69) is 28.2 Å². The SMILES string of the molecule is c1cc2n(c1)CCNC21CCCCC1. The Morgan fingerprint density at radius 2 is 2.07 bits per heavy atom. The lowest BCUT2D eigenvalue weighted by atomic mass is 9.78. The first-order chi connectivity index (χ1) is 6.91. The molecule has 1 spiro atoms. The van der Waals surface area contributed by atoms with E-state index in [0.717, 1.165) is 13.1 Å². The summed E-state index contributed by atoms with van der Waals surface area (Å²) in [6, 6.07) is 4.50. The van der Waals surface area contributed by atoms with E-state index in [9.17, 15) is 0 Å². The third kappa shape index (κ3) is 1.13. The number of nitrogens with one attached hydrogen (secondary N) is 1. The van der Waals surface area contributed by atoms with Crippen LogP contribution >= 0.6 is 0 Å². The van der Waals surface area contributed by atoms with Crippen LogP contribution in [0.3, 0.4) is 0 Å². The van der Waals surface area contributed by atoms with E-state index in [1.165, 1.54) is 37.8 Å². The van der Waals surface area contributed by atoms with Crippen LogP contribution in [0, 0.1) is 0 Å². The lowest BCUT2D eigenvalue weighted by Crippen LogP contribution is -2.50. The van der Waals surface area contributed by atoms with Gasteiger partial charge in [0.2, 0.25) is 0 Å². The Morgan fingerprint density at radius 3 is 2.93 bits per heavy atom. The standard InChI is InChI=1S/C12H18N2/c1-2-6-12(7-3-1)11-5-4-9-14(11)10-8-13-12/h4-5,9,13H,1-3,6-8,10H2. The first kappa shape index (κ1) is 8.54. The van der Waals surface area contributed by atoms with Crippen molar-refractivity contribution in [3.05, 3.63) is 24.0 Å². The van der Waals surface area contributed by atoms with E-state index in [4.69, 9.17) is 0 Å². The number of rotatable bonds is 0. The highest BCUT2D eigenvalue weighted by Gasteiger charge is 2.37. The molecule has 2 heterocycles. The molecule has 0 amide bonds. The minimum Gasteiger partial charge on any atom is -0.348 e. The zero-order valence-corrected chi connectivity index (χ0v) is 8.63. The van der Waals surface area contributed by atoms with Gasteiger partial charge in [-0.05, 0) is 25.0 Å². The molecule has 2 aliphatic rings. The average molecular weight is 190 g/mol. The molecular formula is C12H18N2. The predicted molar refractivity (Wildman–Crippen MR) is 57.2 cm³/mol. The molecule has 1 aliphatic heterocycles. The highest BCUT2D eigenvalue weighted by molar-refractivity contribution is 5.21. The first-order valence-electron chi connectivity index (χ1n) is 5.81. The molecule has 0 saturated heterocycles. The van der Waals surface area contributed by atoms with Crippen molar-refractivity contribution in [3.8, 4) is 0 Å². The van der Waals surface area contributed by atoms with E-state index in [0.29, 0.717) is 5.54 Å². The molecule has 3 rings (SSSR count). The van der Waals surface area contributed by atoms with Crippen molar-refractivity contribution in [3.63, 3.8) is 0 Å². The molecule has 0 bridgehead atoms. The summed E-state index contributed by atoms with van der Waals surface area (Å²) in [7, 11) is 0. The van der Waals surface area contributed by atoms with E-state index in [1.807, 2.05) is 0 Å². The van der Waals surface area contributed by atoms with Gasteiger partial charge in [-0.15, -0.1) is 0 Å². The molecule has 1 aliphatic carbocycles. The normalized spacial score (nSPS) is 24.9. The maximum Gasteiger partial charge on any atom is 0.0589 e. The third-order valence-electron chi connectivity index (χ3n) is 3.84. The van der Waals surface area contributed by atoms with Gasteiger partial charge in [0.25, 0.3) is 0 Å². The molecule has 0 unspecified atom stereocenters. The van der Waals surface area contributed by atoms with Crippen LogP contribution < -0.4 is 5.32 Å². The largest absolute Gasteiger partial charge is 0.348 e. The van der Waals surface area contributed by atoms with Gasteiger partial charge in [0.05, 0.1) is 5.54 Å². The maximum atomic E-state index is 3.76. The van der Waals surface area contributed by atoms with Gasteiger partial charge in [-0.2, -0.15) is 0 Å². The van der Waals surface area contributed by atoms with Crippen molar-refractivity contribution in [2.75, 3.05) is 6.54 Å². The number of aromatic nitrogens is 1. The monoisotopic (exact) mass is 190 g/mol. The van der Waals surface area contributed by atoms with Gasteiger partial charge in [-0.1, -0.05) is 19.3 Å². The average Bonchev–Trinajstić information content (AvgIpc) is 2.69. The summed E-state index contributed by atoms with van der Waals surface area (Å²) in [5.74, 6) is 0. The highest BCUT2D eigenvalue weighted by atomic mass is 15.1. The smallest absolute Gasteiger partial charge is 0.0589 e. The van der Waals surface area contributed by atoms with Crippen molar-refractivity contribution < 1.29 is 0 Å². The summed E-state index contributed by atoms with van der Waals surface area (Å²) in [6.07, 6.45) is 9.08. The number of fused-ring (bicyclic) bond motifs is 2. The molecule has 2 heteroatoms. The minimum atomic E-state index is 0.333. The van der Waals surface area contributed by atoms with Crippen molar-refractivity contribution in [2.24, 2.45) is 0 Å². The Morgan fingerprint density at radius 1 is 1.21 bits per heavy atom. The Bertz CT molecular complexity index is 321. The molecule has 76 valence electrons. The lowest BCUT2D eigenvalue weighted by Gasteiger charge is -2.42. The first-order valence-corrected chi connectivity index (χ1v) is 5.81. The molecule has 2 nitrogen and oxygen atoms in total. The second-order valence-corrected chi connectivity index (χ2v) is 4.66. The Kier molecular flexibility index (Phi) is 1.91. The molecule has 0 aromatic carbocycles. The molecular weight excluding hydrogens is 172 g/mol. The topological polar surface area (TPSA) is 17.0 Å². The zero-order chi connectivity index (χ0) is 9.43. The second-order valence-electron chi connectivity index (χ2n) is 4.66. The fourth-order valence-corrected chi connectivity index (χ4v) is 3.14. The molecule has 14 heavy (non-hydrogen) atoms. The minimum absolute atomic E-state index is 0.333. The van der Waals surface area contributed by atoms with Crippen LogP contribution in [-0.4, -0.2) is 11.1 Å². The van der Waals surface area contributed by atoms with Crippen LogP contribution in [0.1, 0.15) is 37.8 Å². The van der Waals surface area contributed by atoms with Gasteiger partial charge in [-0.25, -0.2) is 0 Å². The predicted octanol–water partition coefficient (Wildman–Crippen LogP) is 2.25. The molecule has 0 radical (unpaired) electrons.